The predicted octanol–water partition coefficient (Wildman–Crippen LogP) is 2.35. The van der Waals surface area contributed by atoms with Crippen molar-refractivity contribution >= 4 is 24.9 Å². The maximum absolute atomic E-state index is 11.5. The first-order valence-corrected chi connectivity index (χ1v) is 6.65. The summed E-state index contributed by atoms with van der Waals surface area (Å²) in [6.07, 6.45) is 5.16. The molecule has 0 N–H and O–H groups in total. The van der Waals surface area contributed by atoms with Crippen molar-refractivity contribution in [2.45, 2.75) is 33.1 Å². The van der Waals surface area contributed by atoms with E-state index in [2.05, 4.69) is 12.6 Å². The smallest absolute Gasteiger partial charge is 0.309 e. The van der Waals surface area contributed by atoms with Gasteiger partial charge in [0.1, 0.15) is 6.29 Å². The van der Waals surface area contributed by atoms with Gasteiger partial charge in [-0.3, -0.25) is 4.79 Å². The highest BCUT2D eigenvalue weighted by atomic mass is 32.1. The average molecular weight is 246 g/mol. The fourth-order valence-corrected chi connectivity index (χ4v) is 2.16. The van der Waals surface area contributed by atoms with Crippen LogP contribution in [0.3, 0.4) is 0 Å². The monoisotopic (exact) mass is 246 g/mol. The fraction of sp³-hybridized carbons (Fsp3) is 0.833. The predicted molar refractivity (Wildman–Crippen MR) is 67.6 cm³/mol. The summed E-state index contributed by atoms with van der Waals surface area (Å²) in [6.45, 7) is 4.29. The summed E-state index contributed by atoms with van der Waals surface area (Å²) in [5, 5.41) is 0. The number of carbonyl (C=O) groups excluding carboxylic acids is 2. The van der Waals surface area contributed by atoms with Crippen molar-refractivity contribution in [1.29, 1.82) is 0 Å². The van der Waals surface area contributed by atoms with E-state index < -0.39 is 0 Å². The summed E-state index contributed by atoms with van der Waals surface area (Å²) in [4.78, 5) is 22.1. The third kappa shape index (κ3) is 4.56. The minimum atomic E-state index is -0.0932. The van der Waals surface area contributed by atoms with Crippen LogP contribution in [0.2, 0.25) is 0 Å². The van der Waals surface area contributed by atoms with E-state index in [9.17, 15) is 9.59 Å². The topological polar surface area (TPSA) is 43.4 Å². The first-order valence-electron chi connectivity index (χ1n) is 5.75. The molecular formula is C12H22O3S. The third-order valence-electron chi connectivity index (χ3n) is 2.99. The van der Waals surface area contributed by atoms with Crippen molar-refractivity contribution in [1.82, 2.24) is 0 Å². The second-order valence-electron chi connectivity index (χ2n) is 4.05. The van der Waals surface area contributed by atoms with Crippen molar-refractivity contribution in [3.63, 3.8) is 0 Å². The van der Waals surface area contributed by atoms with Crippen LogP contribution in [0.15, 0.2) is 0 Å². The highest BCUT2D eigenvalue weighted by Gasteiger charge is 2.32. The van der Waals surface area contributed by atoms with E-state index in [1.54, 1.807) is 6.26 Å². The van der Waals surface area contributed by atoms with E-state index in [1.165, 1.54) is 0 Å². The molecule has 0 saturated heterocycles. The third-order valence-corrected chi connectivity index (χ3v) is 2.99. The Hall–Kier alpha value is -0.510. The van der Waals surface area contributed by atoms with Crippen LogP contribution in [0.4, 0.5) is 0 Å². The van der Waals surface area contributed by atoms with Gasteiger partial charge in [0.2, 0.25) is 0 Å². The summed E-state index contributed by atoms with van der Waals surface area (Å²) in [7, 11) is 0. The number of ether oxygens (including phenoxy) is 1. The summed E-state index contributed by atoms with van der Waals surface area (Å²) in [5.74, 6) is 0.337. The molecule has 0 spiro atoms. The standard InChI is InChI=1S/C11H18O3.CH4S/c1-3-14-11(13)10-5-4-9(7-12)6-8(10)2;1-2/h7-10H,3-6H2,1-2H3;2H,1H3/t8-,9?,10?;/m1./s1. The molecule has 94 valence electrons. The Morgan fingerprint density at radius 2 is 2.06 bits per heavy atom. The minimum Gasteiger partial charge on any atom is -0.466 e. The second kappa shape index (κ2) is 8.62. The highest BCUT2D eigenvalue weighted by Crippen LogP contribution is 2.33. The van der Waals surface area contributed by atoms with E-state index in [1.807, 2.05) is 13.8 Å². The number of thiol groups is 1. The summed E-state index contributed by atoms with van der Waals surface area (Å²) < 4.78 is 4.99. The minimum absolute atomic E-state index is 0.00569. The molecule has 1 aliphatic rings. The van der Waals surface area contributed by atoms with Crippen LogP contribution >= 0.6 is 12.6 Å². The van der Waals surface area contributed by atoms with Crippen LogP contribution in [-0.4, -0.2) is 25.1 Å². The summed E-state index contributed by atoms with van der Waals surface area (Å²) in [5.41, 5.74) is 0. The second-order valence-corrected chi connectivity index (χ2v) is 4.05. The molecule has 1 rings (SSSR count). The molecule has 0 bridgehead atoms. The van der Waals surface area contributed by atoms with Gasteiger partial charge in [0, 0.05) is 5.92 Å². The maximum atomic E-state index is 11.5. The van der Waals surface area contributed by atoms with E-state index in [4.69, 9.17) is 4.74 Å². The average Bonchev–Trinajstić information content (AvgIpc) is 2.31. The highest BCUT2D eigenvalue weighted by molar-refractivity contribution is 7.79. The number of rotatable bonds is 3. The molecule has 2 unspecified atom stereocenters. The van der Waals surface area contributed by atoms with Crippen molar-refractivity contribution in [3.8, 4) is 0 Å². The SMILES string of the molecule is CCOC(=O)C1CCC(C=O)C[C@H]1C.CS. The Labute approximate surface area is 103 Å². The molecule has 1 fully saturated rings. The number of esters is 1. The van der Waals surface area contributed by atoms with E-state index in [0.717, 1.165) is 25.5 Å². The van der Waals surface area contributed by atoms with Crippen LogP contribution < -0.4 is 0 Å². The first kappa shape index (κ1) is 15.5. The molecule has 0 aromatic rings. The zero-order valence-electron chi connectivity index (χ0n) is 10.3. The molecule has 1 aliphatic carbocycles. The molecule has 0 aromatic carbocycles. The Morgan fingerprint density at radius 3 is 2.50 bits per heavy atom. The van der Waals surface area contributed by atoms with E-state index in [-0.39, 0.29) is 23.7 Å². The van der Waals surface area contributed by atoms with Crippen LogP contribution in [0.1, 0.15) is 33.1 Å². The van der Waals surface area contributed by atoms with Crippen molar-refractivity contribution in [2.75, 3.05) is 12.9 Å². The number of hydrogen-bond donors (Lipinski definition) is 1. The van der Waals surface area contributed by atoms with Gasteiger partial charge in [0.15, 0.2) is 0 Å². The Bertz CT molecular complexity index is 218. The van der Waals surface area contributed by atoms with Gasteiger partial charge in [-0.15, -0.1) is 0 Å². The molecule has 0 aromatic heterocycles. The largest absolute Gasteiger partial charge is 0.466 e. The van der Waals surface area contributed by atoms with Crippen LogP contribution in [0.5, 0.6) is 0 Å². The van der Waals surface area contributed by atoms with Gasteiger partial charge < -0.3 is 9.53 Å². The zero-order chi connectivity index (χ0) is 12.6. The molecule has 0 amide bonds. The Morgan fingerprint density at radius 1 is 1.44 bits per heavy atom. The zero-order valence-corrected chi connectivity index (χ0v) is 11.2. The van der Waals surface area contributed by atoms with Crippen molar-refractivity contribution < 1.29 is 14.3 Å². The van der Waals surface area contributed by atoms with Crippen LogP contribution in [-0.2, 0) is 14.3 Å². The Kier molecular flexibility index (Phi) is 8.35. The lowest BCUT2D eigenvalue weighted by molar-refractivity contribution is -0.151. The normalized spacial score (nSPS) is 28.6. The lowest BCUT2D eigenvalue weighted by Gasteiger charge is -2.29. The number of hydrogen-bond acceptors (Lipinski definition) is 4. The van der Waals surface area contributed by atoms with Gasteiger partial charge in [-0.25, -0.2) is 0 Å². The van der Waals surface area contributed by atoms with Gasteiger partial charge in [-0.1, -0.05) is 6.92 Å². The molecule has 0 radical (unpaired) electrons. The quantitative estimate of drug-likeness (QED) is 0.472. The van der Waals surface area contributed by atoms with E-state index in [0.29, 0.717) is 6.61 Å². The molecule has 3 nitrogen and oxygen atoms in total. The van der Waals surface area contributed by atoms with Gasteiger partial charge >= 0.3 is 5.97 Å². The number of aldehydes is 1. The maximum Gasteiger partial charge on any atom is 0.309 e. The van der Waals surface area contributed by atoms with E-state index >= 15 is 0 Å². The number of carbonyl (C=O) groups is 2. The summed E-state index contributed by atoms with van der Waals surface area (Å²) >= 11 is 3.53. The molecule has 1 saturated carbocycles. The molecular weight excluding hydrogens is 224 g/mol. The molecule has 0 aliphatic heterocycles. The molecule has 3 atom stereocenters. The van der Waals surface area contributed by atoms with Gasteiger partial charge in [0.05, 0.1) is 12.5 Å². The van der Waals surface area contributed by atoms with Gasteiger partial charge in [0.25, 0.3) is 0 Å². The lowest BCUT2D eigenvalue weighted by Crippen LogP contribution is -2.30. The van der Waals surface area contributed by atoms with Crippen LogP contribution in [0, 0.1) is 17.8 Å². The molecule has 16 heavy (non-hydrogen) atoms. The van der Waals surface area contributed by atoms with Crippen molar-refractivity contribution in [2.24, 2.45) is 17.8 Å². The lowest BCUT2D eigenvalue weighted by atomic mass is 9.75. The molecule has 4 heteroatoms. The van der Waals surface area contributed by atoms with Gasteiger partial charge in [-0.2, -0.15) is 12.6 Å². The molecule has 0 heterocycles. The van der Waals surface area contributed by atoms with Crippen molar-refractivity contribution in [3.05, 3.63) is 0 Å². The van der Waals surface area contributed by atoms with Gasteiger partial charge in [-0.05, 0) is 38.4 Å². The fourth-order valence-electron chi connectivity index (χ4n) is 2.16. The Balaban J connectivity index is 0.00000106. The summed E-state index contributed by atoms with van der Waals surface area (Å²) in [6, 6.07) is 0. The van der Waals surface area contributed by atoms with Crippen LogP contribution in [0.25, 0.3) is 0 Å². The first-order chi connectivity index (χ1) is 7.69.